The molecular weight excluding hydrogens is 356 g/mol. The molecular formula is C22H22N2O4. The molecule has 0 radical (unpaired) electrons. The summed E-state index contributed by atoms with van der Waals surface area (Å²) >= 11 is 0. The molecule has 1 N–H and O–H groups in total. The topological polar surface area (TPSA) is 83.6 Å². The largest absolute Gasteiger partial charge is 0.480 e. The zero-order valence-electron chi connectivity index (χ0n) is 16.0. The molecule has 0 spiro atoms. The van der Waals surface area contributed by atoms with E-state index in [0.29, 0.717) is 11.3 Å². The maximum atomic E-state index is 12.8. The highest BCUT2D eigenvalue weighted by atomic mass is 16.5. The highest BCUT2D eigenvalue weighted by molar-refractivity contribution is 5.96. The minimum atomic E-state index is -1.04. The molecule has 1 amide bonds. The summed E-state index contributed by atoms with van der Waals surface area (Å²) in [5, 5.41) is 13.4. The highest BCUT2D eigenvalue weighted by Crippen LogP contribution is 2.20. The molecule has 0 aliphatic heterocycles. The lowest BCUT2D eigenvalue weighted by molar-refractivity contribution is -0.141. The van der Waals surface area contributed by atoms with Crippen molar-refractivity contribution < 1.29 is 19.2 Å². The Hall–Kier alpha value is -3.41. The van der Waals surface area contributed by atoms with E-state index in [9.17, 15) is 14.7 Å². The third-order valence-corrected chi connectivity index (χ3v) is 4.65. The van der Waals surface area contributed by atoms with Gasteiger partial charge in [0.1, 0.15) is 6.04 Å². The van der Waals surface area contributed by atoms with Gasteiger partial charge in [0.15, 0.2) is 5.76 Å². The molecule has 0 aliphatic rings. The van der Waals surface area contributed by atoms with Gasteiger partial charge in [-0.25, -0.2) is 4.79 Å². The predicted octanol–water partition coefficient (Wildman–Crippen LogP) is 3.73. The van der Waals surface area contributed by atoms with E-state index in [1.807, 2.05) is 44.2 Å². The molecule has 3 rings (SSSR count). The number of hydrogen-bond donors (Lipinski definition) is 1. The summed E-state index contributed by atoms with van der Waals surface area (Å²) in [5.41, 5.74) is 4.09. The van der Waals surface area contributed by atoms with Crippen molar-refractivity contribution in [3.05, 3.63) is 77.0 Å². The fourth-order valence-electron chi connectivity index (χ4n) is 3.23. The summed E-state index contributed by atoms with van der Waals surface area (Å²) in [6.45, 7) is 3.82. The number of aliphatic carboxylic acids is 1. The van der Waals surface area contributed by atoms with Gasteiger partial charge in [0.25, 0.3) is 5.91 Å². The van der Waals surface area contributed by atoms with Crippen LogP contribution in [0.4, 0.5) is 0 Å². The van der Waals surface area contributed by atoms with Crippen molar-refractivity contribution in [1.82, 2.24) is 10.1 Å². The first-order valence-electron chi connectivity index (χ1n) is 8.93. The summed E-state index contributed by atoms with van der Waals surface area (Å²) in [4.78, 5) is 26.0. The quantitative estimate of drug-likeness (QED) is 0.707. The van der Waals surface area contributed by atoms with Gasteiger partial charge in [-0.2, -0.15) is 0 Å². The summed E-state index contributed by atoms with van der Waals surface area (Å²) in [6.07, 6.45) is 1.77. The fraction of sp³-hybridized carbons (Fsp3) is 0.227. The number of carbonyl (C=O) groups excluding carboxylic acids is 1. The molecule has 1 heterocycles. The van der Waals surface area contributed by atoms with Gasteiger partial charge < -0.3 is 14.5 Å². The van der Waals surface area contributed by atoms with Crippen molar-refractivity contribution in [3.8, 4) is 11.3 Å². The lowest BCUT2D eigenvalue weighted by Gasteiger charge is -2.25. The zero-order valence-corrected chi connectivity index (χ0v) is 16.0. The number of benzene rings is 2. The summed E-state index contributed by atoms with van der Waals surface area (Å²) in [7, 11) is 1.53. The first kappa shape index (κ1) is 19.4. The fourth-order valence-corrected chi connectivity index (χ4v) is 3.23. The molecule has 0 saturated carbocycles. The molecule has 0 aliphatic carbocycles. The molecule has 6 heteroatoms. The van der Waals surface area contributed by atoms with Crippen LogP contribution in [0.15, 0.2) is 59.3 Å². The van der Waals surface area contributed by atoms with Crippen LogP contribution in [0.3, 0.4) is 0 Å². The first-order chi connectivity index (χ1) is 13.3. The van der Waals surface area contributed by atoms with E-state index in [1.54, 1.807) is 24.4 Å². The Labute approximate surface area is 163 Å². The van der Waals surface area contributed by atoms with E-state index < -0.39 is 12.0 Å². The molecule has 1 aromatic heterocycles. The van der Waals surface area contributed by atoms with Gasteiger partial charge in [-0.15, -0.1) is 0 Å². The zero-order chi connectivity index (χ0) is 20.3. The van der Waals surface area contributed by atoms with Crippen LogP contribution in [0, 0.1) is 13.8 Å². The smallest absolute Gasteiger partial charge is 0.326 e. The number of nitrogens with zero attached hydrogens (tertiary/aromatic N) is 2. The average molecular weight is 378 g/mol. The van der Waals surface area contributed by atoms with Crippen molar-refractivity contribution in [2.24, 2.45) is 0 Å². The van der Waals surface area contributed by atoms with Crippen molar-refractivity contribution in [2.75, 3.05) is 7.05 Å². The van der Waals surface area contributed by atoms with Crippen LogP contribution in [-0.2, 0) is 11.2 Å². The van der Waals surface area contributed by atoms with Gasteiger partial charge in [-0.05, 0) is 31.5 Å². The standard InChI is InChI=1S/C22H22N2O4/c1-14-10-15(2)12-18(11-14)21(25)24(3)19(22(26)27)13-16-4-6-17(7-5-16)20-8-9-23-28-20/h4-12,19H,13H2,1-3H3,(H,26,27). The van der Waals surface area contributed by atoms with Crippen LogP contribution in [0.1, 0.15) is 27.0 Å². The van der Waals surface area contributed by atoms with E-state index in [0.717, 1.165) is 22.3 Å². The molecule has 144 valence electrons. The number of amides is 1. The predicted molar refractivity (Wildman–Crippen MR) is 105 cm³/mol. The summed E-state index contributed by atoms with van der Waals surface area (Å²) in [5.74, 6) is -0.708. The van der Waals surface area contributed by atoms with Crippen LogP contribution in [0.25, 0.3) is 11.3 Å². The minimum Gasteiger partial charge on any atom is -0.480 e. The molecule has 0 bridgehead atoms. The second-order valence-corrected chi connectivity index (χ2v) is 6.92. The number of carbonyl (C=O) groups is 2. The van der Waals surface area contributed by atoms with E-state index >= 15 is 0 Å². The number of aryl methyl sites for hydroxylation is 2. The number of hydrogen-bond acceptors (Lipinski definition) is 4. The van der Waals surface area contributed by atoms with Crippen LogP contribution >= 0.6 is 0 Å². The number of likely N-dealkylation sites (N-methyl/N-ethyl adjacent to an activating group) is 1. The van der Waals surface area contributed by atoms with Crippen LogP contribution in [0.5, 0.6) is 0 Å². The molecule has 28 heavy (non-hydrogen) atoms. The number of carboxylic acids is 1. The van der Waals surface area contributed by atoms with Crippen LogP contribution in [-0.4, -0.2) is 40.1 Å². The van der Waals surface area contributed by atoms with Gasteiger partial charge in [0.2, 0.25) is 0 Å². The maximum Gasteiger partial charge on any atom is 0.326 e. The second-order valence-electron chi connectivity index (χ2n) is 6.92. The van der Waals surface area contributed by atoms with Gasteiger partial charge in [0.05, 0.1) is 6.20 Å². The van der Waals surface area contributed by atoms with E-state index in [-0.39, 0.29) is 12.3 Å². The maximum absolute atomic E-state index is 12.8. The molecule has 3 aromatic rings. The Kier molecular flexibility index (Phi) is 5.59. The van der Waals surface area contributed by atoms with Crippen molar-refractivity contribution in [1.29, 1.82) is 0 Å². The lowest BCUT2D eigenvalue weighted by Crippen LogP contribution is -2.43. The van der Waals surface area contributed by atoms with Crippen molar-refractivity contribution in [3.63, 3.8) is 0 Å². The van der Waals surface area contributed by atoms with E-state index in [2.05, 4.69) is 5.16 Å². The Balaban J connectivity index is 1.79. The van der Waals surface area contributed by atoms with Gasteiger partial charge in [0, 0.05) is 30.7 Å². The number of rotatable bonds is 6. The molecule has 1 atom stereocenters. The number of aromatic nitrogens is 1. The summed E-state index contributed by atoms with van der Waals surface area (Å²) in [6, 6.07) is 13.7. The second kappa shape index (κ2) is 8.08. The average Bonchev–Trinajstić information content (AvgIpc) is 3.19. The highest BCUT2D eigenvalue weighted by Gasteiger charge is 2.27. The molecule has 2 aromatic carbocycles. The Morgan fingerprint density at radius 1 is 1.07 bits per heavy atom. The van der Waals surface area contributed by atoms with Crippen molar-refractivity contribution >= 4 is 11.9 Å². The van der Waals surface area contributed by atoms with E-state index in [1.165, 1.54) is 11.9 Å². The SMILES string of the molecule is Cc1cc(C)cc(C(=O)N(C)C(Cc2ccc(-c3ccno3)cc2)C(=O)O)c1. The molecule has 0 fully saturated rings. The summed E-state index contributed by atoms with van der Waals surface area (Å²) < 4.78 is 5.12. The molecule has 0 saturated heterocycles. The lowest BCUT2D eigenvalue weighted by atomic mass is 10.0. The van der Waals surface area contributed by atoms with Crippen LogP contribution in [0.2, 0.25) is 0 Å². The van der Waals surface area contributed by atoms with Gasteiger partial charge in [-0.3, -0.25) is 4.79 Å². The van der Waals surface area contributed by atoms with E-state index in [4.69, 9.17) is 4.52 Å². The third kappa shape index (κ3) is 4.28. The van der Waals surface area contributed by atoms with Crippen LogP contribution < -0.4 is 0 Å². The Morgan fingerprint density at radius 3 is 2.25 bits per heavy atom. The van der Waals surface area contributed by atoms with Crippen molar-refractivity contribution in [2.45, 2.75) is 26.3 Å². The molecule has 6 nitrogen and oxygen atoms in total. The van der Waals surface area contributed by atoms with Gasteiger partial charge in [-0.1, -0.05) is 46.6 Å². The minimum absolute atomic E-state index is 0.207. The first-order valence-corrected chi connectivity index (χ1v) is 8.93. The normalized spacial score (nSPS) is 11.8. The van der Waals surface area contributed by atoms with Gasteiger partial charge >= 0.3 is 5.97 Å². The molecule has 1 unspecified atom stereocenters. The Morgan fingerprint density at radius 2 is 1.71 bits per heavy atom. The number of carboxylic acid groups (broad SMARTS) is 1. The Bertz CT molecular complexity index is 958. The monoisotopic (exact) mass is 378 g/mol. The third-order valence-electron chi connectivity index (χ3n) is 4.65.